The Balaban J connectivity index is 1.80. The quantitative estimate of drug-likeness (QED) is 0.810. The lowest BCUT2D eigenvalue weighted by molar-refractivity contribution is -0.126. The van der Waals surface area contributed by atoms with Gasteiger partial charge in [0.2, 0.25) is 5.91 Å². The minimum Gasteiger partial charge on any atom is -0.356 e. The van der Waals surface area contributed by atoms with Gasteiger partial charge in [-0.15, -0.1) is 11.3 Å². The average molecular weight is 323 g/mol. The molecule has 0 aromatic carbocycles. The molecule has 22 heavy (non-hydrogen) atoms. The van der Waals surface area contributed by atoms with Crippen LogP contribution in [-0.4, -0.2) is 61.9 Å². The largest absolute Gasteiger partial charge is 0.356 e. The van der Waals surface area contributed by atoms with Gasteiger partial charge in [0.1, 0.15) is 0 Å². The Kier molecular flexibility index (Phi) is 6.39. The third-order valence-electron chi connectivity index (χ3n) is 3.89. The maximum absolute atomic E-state index is 12.4. The molecule has 1 saturated heterocycles. The zero-order valence-electron chi connectivity index (χ0n) is 13.4. The van der Waals surface area contributed by atoms with Crippen molar-refractivity contribution in [3.8, 4) is 0 Å². The molecule has 1 atom stereocenters. The molecule has 0 saturated carbocycles. The molecule has 0 bridgehead atoms. The van der Waals surface area contributed by atoms with Gasteiger partial charge in [-0.3, -0.25) is 9.59 Å². The summed E-state index contributed by atoms with van der Waals surface area (Å²) in [6, 6.07) is 3.73. The van der Waals surface area contributed by atoms with Crippen molar-refractivity contribution in [3.05, 3.63) is 22.4 Å². The van der Waals surface area contributed by atoms with E-state index < -0.39 is 0 Å². The van der Waals surface area contributed by atoms with Gasteiger partial charge in [0.25, 0.3) is 5.91 Å². The second kappa shape index (κ2) is 8.29. The van der Waals surface area contributed by atoms with Crippen LogP contribution in [0.2, 0.25) is 0 Å². The molecule has 5 nitrogen and oxygen atoms in total. The molecular weight excluding hydrogens is 298 g/mol. The Morgan fingerprint density at radius 3 is 2.95 bits per heavy atom. The number of carbonyl (C=O) groups excluding carboxylic acids is 2. The molecule has 0 aliphatic carbocycles. The molecule has 2 rings (SSSR count). The van der Waals surface area contributed by atoms with Crippen molar-refractivity contribution in [2.75, 3.05) is 40.3 Å². The lowest BCUT2D eigenvalue weighted by atomic mass is 9.97. The fourth-order valence-corrected chi connectivity index (χ4v) is 3.37. The van der Waals surface area contributed by atoms with Gasteiger partial charge in [0, 0.05) is 19.6 Å². The number of rotatable bonds is 6. The van der Waals surface area contributed by atoms with Gasteiger partial charge in [0.15, 0.2) is 0 Å². The van der Waals surface area contributed by atoms with E-state index in [2.05, 4.69) is 10.2 Å². The van der Waals surface area contributed by atoms with Gasteiger partial charge >= 0.3 is 0 Å². The zero-order chi connectivity index (χ0) is 15.9. The molecule has 1 N–H and O–H groups in total. The molecular formula is C16H25N3O2S. The molecule has 2 amide bonds. The maximum Gasteiger partial charge on any atom is 0.263 e. The first-order chi connectivity index (χ1) is 10.6. The smallest absolute Gasteiger partial charge is 0.263 e. The van der Waals surface area contributed by atoms with E-state index in [9.17, 15) is 9.59 Å². The molecule has 122 valence electrons. The summed E-state index contributed by atoms with van der Waals surface area (Å²) in [6.45, 7) is 2.96. The molecule has 6 heteroatoms. The van der Waals surface area contributed by atoms with Gasteiger partial charge in [-0.2, -0.15) is 0 Å². The number of likely N-dealkylation sites (tertiary alicyclic amines) is 1. The number of piperidine rings is 1. The first kappa shape index (κ1) is 17.0. The van der Waals surface area contributed by atoms with Crippen LogP contribution in [0.5, 0.6) is 0 Å². The summed E-state index contributed by atoms with van der Waals surface area (Å²) in [5.41, 5.74) is 0. The highest BCUT2D eigenvalue weighted by atomic mass is 32.1. The monoisotopic (exact) mass is 323 g/mol. The van der Waals surface area contributed by atoms with Gasteiger partial charge in [-0.1, -0.05) is 6.07 Å². The van der Waals surface area contributed by atoms with Crippen molar-refractivity contribution in [1.82, 2.24) is 15.1 Å². The van der Waals surface area contributed by atoms with E-state index in [0.717, 1.165) is 37.2 Å². The highest BCUT2D eigenvalue weighted by Crippen LogP contribution is 2.20. The van der Waals surface area contributed by atoms with E-state index >= 15 is 0 Å². The predicted octanol–water partition coefficient (Wildman–Crippen LogP) is 1.67. The Labute approximate surface area is 136 Å². The fraction of sp³-hybridized carbons (Fsp3) is 0.625. The van der Waals surface area contributed by atoms with E-state index in [1.807, 2.05) is 36.5 Å². The number of hydrogen-bond acceptors (Lipinski definition) is 4. The molecule has 1 aromatic heterocycles. The molecule has 1 unspecified atom stereocenters. The first-order valence-corrected chi connectivity index (χ1v) is 8.71. The normalized spacial score (nSPS) is 18.5. The number of amides is 2. The summed E-state index contributed by atoms with van der Waals surface area (Å²) in [6.07, 6.45) is 2.71. The summed E-state index contributed by atoms with van der Waals surface area (Å²) in [7, 11) is 4.05. The summed E-state index contributed by atoms with van der Waals surface area (Å²) in [5.74, 6) is 0.0690. The first-order valence-electron chi connectivity index (χ1n) is 7.83. The lowest BCUT2D eigenvalue weighted by Gasteiger charge is -2.31. The van der Waals surface area contributed by atoms with Crippen molar-refractivity contribution in [3.63, 3.8) is 0 Å². The van der Waals surface area contributed by atoms with Crippen LogP contribution < -0.4 is 5.32 Å². The molecule has 1 aliphatic rings. The Hall–Kier alpha value is -1.40. The highest BCUT2D eigenvalue weighted by Gasteiger charge is 2.28. The van der Waals surface area contributed by atoms with Crippen LogP contribution in [0.3, 0.4) is 0 Å². The average Bonchev–Trinajstić information content (AvgIpc) is 3.05. The number of nitrogens with zero attached hydrogens (tertiary/aromatic N) is 2. The maximum atomic E-state index is 12.4. The summed E-state index contributed by atoms with van der Waals surface area (Å²) < 4.78 is 0. The van der Waals surface area contributed by atoms with Crippen molar-refractivity contribution in [1.29, 1.82) is 0 Å². The summed E-state index contributed by atoms with van der Waals surface area (Å²) in [4.78, 5) is 29.3. The Bertz CT molecular complexity index is 488. The van der Waals surface area contributed by atoms with Gasteiger partial charge in [-0.05, 0) is 51.3 Å². The lowest BCUT2D eigenvalue weighted by Crippen LogP contribution is -2.45. The molecule has 1 fully saturated rings. The second-order valence-electron chi connectivity index (χ2n) is 6.02. The number of thiophene rings is 1. The van der Waals surface area contributed by atoms with Gasteiger partial charge in [0.05, 0.1) is 10.8 Å². The van der Waals surface area contributed by atoms with Crippen LogP contribution in [-0.2, 0) is 4.79 Å². The third-order valence-corrected chi connectivity index (χ3v) is 4.75. The van der Waals surface area contributed by atoms with Gasteiger partial charge < -0.3 is 15.1 Å². The Morgan fingerprint density at radius 1 is 1.45 bits per heavy atom. The highest BCUT2D eigenvalue weighted by molar-refractivity contribution is 7.12. The predicted molar refractivity (Wildman–Crippen MR) is 89.1 cm³/mol. The summed E-state index contributed by atoms with van der Waals surface area (Å²) >= 11 is 1.46. The van der Waals surface area contributed by atoms with E-state index in [1.54, 1.807) is 0 Å². The van der Waals surface area contributed by atoms with E-state index in [4.69, 9.17) is 0 Å². The fourth-order valence-electron chi connectivity index (χ4n) is 2.68. The van der Waals surface area contributed by atoms with Crippen LogP contribution in [0.15, 0.2) is 17.5 Å². The molecule has 1 aliphatic heterocycles. The molecule has 1 aromatic rings. The third kappa shape index (κ3) is 4.81. The van der Waals surface area contributed by atoms with Crippen molar-refractivity contribution in [2.45, 2.75) is 19.3 Å². The van der Waals surface area contributed by atoms with E-state index in [0.29, 0.717) is 13.1 Å². The standard InChI is InChI=1S/C16H25N3O2S/c1-18(2)9-5-8-17-15(20)13-6-3-10-19(12-13)16(21)14-7-4-11-22-14/h4,7,11,13H,3,5-6,8-10,12H2,1-2H3,(H,17,20). The van der Waals surface area contributed by atoms with Crippen LogP contribution in [0.25, 0.3) is 0 Å². The van der Waals surface area contributed by atoms with E-state index in [-0.39, 0.29) is 17.7 Å². The minimum atomic E-state index is -0.0722. The molecule has 0 spiro atoms. The van der Waals surface area contributed by atoms with Crippen LogP contribution in [0, 0.1) is 5.92 Å². The summed E-state index contributed by atoms with van der Waals surface area (Å²) in [5, 5.41) is 4.91. The zero-order valence-corrected chi connectivity index (χ0v) is 14.2. The minimum absolute atomic E-state index is 0.0557. The van der Waals surface area contributed by atoms with Gasteiger partial charge in [-0.25, -0.2) is 0 Å². The van der Waals surface area contributed by atoms with Crippen LogP contribution in [0.1, 0.15) is 28.9 Å². The van der Waals surface area contributed by atoms with Crippen LogP contribution in [0.4, 0.5) is 0 Å². The van der Waals surface area contributed by atoms with E-state index in [1.165, 1.54) is 11.3 Å². The number of hydrogen-bond donors (Lipinski definition) is 1. The SMILES string of the molecule is CN(C)CCCNC(=O)C1CCCN(C(=O)c2cccs2)C1. The van der Waals surface area contributed by atoms with Crippen molar-refractivity contribution >= 4 is 23.2 Å². The number of nitrogens with one attached hydrogen (secondary N) is 1. The van der Waals surface area contributed by atoms with Crippen LogP contribution >= 0.6 is 11.3 Å². The molecule has 0 radical (unpaired) electrons. The number of carbonyl (C=O) groups is 2. The molecule has 2 heterocycles. The van der Waals surface area contributed by atoms with Crippen molar-refractivity contribution in [2.24, 2.45) is 5.92 Å². The van der Waals surface area contributed by atoms with Crippen molar-refractivity contribution < 1.29 is 9.59 Å². The second-order valence-corrected chi connectivity index (χ2v) is 6.96. The topological polar surface area (TPSA) is 52.7 Å². The Morgan fingerprint density at radius 2 is 2.27 bits per heavy atom.